The lowest BCUT2D eigenvalue weighted by Gasteiger charge is -2.15. The molecule has 3 atom stereocenters. The van der Waals surface area contributed by atoms with Gasteiger partial charge in [0, 0.05) is 0 Å². The third-order valence-electron chi connectivity index (χ3n) is 4.17. The molecule has 1 saturated carbocycles. The van der Waals surface area contributed by atoms with Gasteiger partial charge in [-0.3, -0.25) is 9.59 Å². The van der Waals surface area contributed by atoms with E-state index in [1.165, 1.54) is 0 Å². The molecule has 0 saturated heterocycles. The maximum atomic E-state index is 12.4. The summed E-state index contributed by atoms with van der Waals surface area (Å²) in [6, 6.07) is 1.82. The molecular weight excluding hydrogens is 336 g/mol. The summed E-state index contributed by atoms with van der Waals surface area (Å²) in [6.07, 6.45) is 3.70. The highest BCUT2D eigenvalue weighted by molar-refractivity contribution is 9.10. The fraction of sp³-hybridized carbons (Fsp3) is 0.533. The van der Waals surface area contributed by atoms with E-state index in [-0.39, 0.29) is 5.91 Å². The summed E-state index contributed by atoms with van der Waals surface area (Å²) < 4.78 is 0.732. The number of pyridine rings is 1. The summed E-state index contributed by atoms with van der Waals surface area (Å²) in [5.74, 6) is -1.83. The average molecular weight is 355 g/mol. The molecule has 1 amide bonds. The molecule has 0 spiro atoms. The van der Waals surface area contributed by atoms with Crippen molar-refractivity contribution in [2.75, 3.05) is 5.32 Å². The highest BCUT2D eigenvalue weighted by Crippen LogP contribution is 2.39. The van der Waals surface area contributed by atoms with Crippen molar-refractivity contribution >= 4 is 33.5 Å². The SMILES string of the molecule is CCC1CC(C(=O)O)C(C(=O)Nc2cnc(Br)c(C)c2)C1. The molecule has 6 heteroatoms. The van der Waals surface area contributed by atoms with Crippen LogP contribution >= 0.6 is 15.9 Å². The van der Waals surface area contributed by atoms with Crippen LogP contribution in [-0.4, -0.2) is 22.0 Å². The number of nitrogens with one attached hydrogen (secondary N) is 1. The fourth-order valence-corrected chi connectivity index (χ4v) is 3.12. The van der Waals surface area contributed by atoms with Gasteiger partial charge in [-0.2, -0.15) is 0 Å². The van der Waals surface area contributed by atoms with Gasteiger partial charge in [0.05, 0.1) is 23.7 Å². The minimum atomic E-state index is -0.879. The van der Waals surface area contributed by atoms with E-state index in [0.717, 1.165) is 16.6 Å². The highest BCUT2D eigenvalue weighted by Gasteiger charge is 2.42. The van der Waals surface area contributed by atoms with E-state index in [4.69, 9.17) is 0 Å². The standard InChI is InChI=1S/C15H19BrN2O3/c1-3-9-5-11(12(6-9)15(20)21)14(19)18-10-4-8(2)13(16)17-7-10/h4,7,9,11-12H,3,5-6H2,1-2H3,(H,18,19)(H,20,21). The predicted molar refractivity (Wildman–Crippen MR) is 82.9 cm³/mol. The number of amides is 1. The van der Waals surface area contributed by atoms with E-state index in [1.54, 1.807) is 6.20 Å². The predicted octanol–water partition coefficient (Wildman–Crippen LogP) is 3.23. The molecule has 21 heavy (non-hydrogen) atoms. The van der Waals surface area contributed by atoms with Crippen molar-refractivity contribution in [3.05, 3.63) is 22.4 Å². The lowest BCUT2D eigenvalue weighted by Crippen LogP contribution is -2.30. The first-order valence-electron chi connectivity index (χ1n) is 7.08. The minimum Gasteiger partial charge on any atom is -0.481 e. The molecule has 114 valence electrons. The van der Waals surface area contributed by atoms with Crippen LogP contribution in [-0.2, 0) is 9.59 Å². The number of carboxylic acid groups (broad SMARTS) is 1. The van der Waals surface area contributed by atoms with Crippen molar-refractivity contribution in [1.29, 1.82) is 0 Å². The third-order valence-corrected chi connectivity index (χ3v) is 5.00. The molecule has 1 aliphatic carbocycles. The van der Waals surface area contributed by atoms with Crippen molar-refractivity contribution in [2.24, 2.45) is 17.8 Å². The van der Waals surface area contributed by atoms with Gasteiger partial charge in [0.2, 0.25) is 5.91 Å². The number of carbonyl (C=O) groups is 2. The number of aryl methyl sites for hydroxylation is 1. The van der Waals surface area contributed by atoms with Crippen molar-refractivity contribution in [3.8, 4) is 0 Å². The second-order valence-electron chi connectivity index (χ2n) is 5.62. The molecule has 0 bridgehead atoms. The van der Waals surface area contributed by atoms with Gasteiger partial charge in [-0.05, 0) is 53.2 Å². The van der Waals surface area contributed by atoms with Crippen LogP contribution in [0.25, 0.3) is 0 Å². The van der Waals surface area contributed by atoms with Crippen LogP contribution in [0, 0.1) is 24.7 Å². The molecule has 1 fully saturated rings. The zero-order chi connectivity index (χ0) is 15.6. The molecule has 2 N–H and O–H groups in total. The molecule has 1 aromatic heterocycles. The Hall–Kier alpha value is -1.43. The molecule has 0 aromatic carbocycles. The van der Waals surface area contributed by atoms with Crippen LogP contribution in [0.5, 0.6) is 0 Å². The Bertz CT molecular complexity index is 562. The highest BCUT2D eigenvalue weighted by atomic mass is 79.9. The summed E-state index contributed by atoms with van der Waals surface area (Å²) in [5, 5.41) is 12.1. The third kappa shape index (κ3) is 3.61. The van der Waals surface area contributed by atoms with Crippen LogP contribution in [0.15, 0.2) is 16.9 Å². The van der Waals surface area contributed by atoms with Crippen LogP contribution < -0.4 is 5.32 Å². The van der Waals surface area contributed by atoms with Gasteiger partial charge in [-0.1, -0.05) is 13.3 Å². The Morgan fingerprint density at radius 2 is 2.10 bits per heavy atom. The Morgan fingerprint density at radius 1 is 1.43 bits per heavy atom. The number of carboxylic acids is 1. The number of carbonyl (C=O) groups excluding carboxylic acids is 1. The van der Waals surface area contributed by atoms with Crippen molar-refractivity contribution in [1.82, 2.24) is 4.98 Å². The summed E-state index contributed by atoms with van der Waals surface area (Å²) in [5.41, 5.74) is 1.52. The largest absolute Gasteiger partial charge is 0.481 e. The zero-order valence-electron chi connectivity index (χ0n) is 12.1. The number of hydrogen-bond acceptors (Lipinski definition) is 3. The number of anilines is 1. The first kappa shape index (κ1) is 15.9. The van der Waals surface area contributed by atoms with E-state index in [9.17, 15) is 14.7 Å². The van der Waals surface area contributed by atoms with E-state index in [0.29, 0.717) is 24.4 Å². The van der Waals surface area contributed by atoms with Gasteiger partial charge in [-0.25, -0.2) is 4.98 Å². The Morgan fingerprint density at radius 3 is 2.67 bits per heavy atom. The minimum absolute atomic E-state index is 0.220. The quantitative estimate of drug-likeness (QED) is 0.813. The van der Waals surface area contributed by atoms with Gasteiger partial charge >= 0.3 is 5.97 Å². The van der Waals surface area contributed by atoms with Crippen LogP contribution in [0.2, 0.25) is 0 Å². The smallest absolute Gasteiger partial charge is 0.307 e. The van der Waals surface area contributed by atoms with Crippen molar-refractivity contribution in [2.45, 2.75) is 33.1 Å². The number of nitrogens with zero attached hydrogens (tertiary/aromatic N) is 1. The lowest BCUT2D eigenvalue weighted by molar-refractivity contribution is -0.145. The molecule has 1 aliphatic rings. The Balaban J connectivity index is 2.11. The molecule has 2 rings (SSSR count). The molecule has 1 heterocycles. The topological polar surface area (TPSA) is 79.3 Å². The van der Waals surface area contributed by atoms with Crippen molar-refractivity contribution < 1.29 is 14.7 Å². The second kappa shape index (κ2) is 6.56. The van der Waals surface area contributed by atoms with Gasteiger partial charge in [0.15, 0.2) is 0 Å². The number of aliphatic carboxylic acids is 1. The van der Waals surface area contributed by atoms with Crippen LogP contribution in [0.4, 0.5) is 5.69 Å². The summed E-state index contributed by atoms with van der Waals surface area (Å²) in [6.45, 7) is 3.92. The van der Waals surface area contributed by atoms with Gasteiger partial charge in [0.1, 0.15) is 4.60 Å². The number of aromatic nitrogens is 1. The van der Waals surface area contributed by atoms with Crippen LogP contribution in [0.1, 0.15) is 31.7 Å². The van der Waals surface area contributed by atoms with E-state index in [1.807, 2.05) is 19.9 Å². The molecule has 0 aliphatic heterocycles. The number of halogens is 1. The van der Waals surface area contributed by atoms with Gasteiger partial charge in [0.25, 0.3) is 0 Å². The monoisotopic (exact) mass is 354 g/mol. The number of hydrogen-bond donors (Lipinski definition) is 2. The summed E-state index contributed by atoms with van der Waals surface area (Å²) >= 11 is 3.31. The fourth-order valence-electron chi connectivity index (χ4n) is 2.90. The number of rotatable bonds is 4. The average Bonchev–Trinajstić information content (AvgIpc) is 2.87. The summed E-state index contributed by atoms with van der Waals surface area (Å²) in [4.78, 5) is 27.8. The first-order valence-corrected chi connectivity index (χ1v) is 7.87. The molecule has 3 unspecified atom stereocenters. The normalized spacial score (nSPS) is 24.8. The van der Waals surface area contributed by atoms with E-state index >= 15 is 0 Å². The van der Waals surface area contributed by atoms with Gasteiger partial charge in [-0.15, -0.1) is 0 Å². The molecule has 1 aromatic rings. The van der Waals surface area contributed by atoms with Crippen molar-refractivity contribution in [3.63, 3.8) is 0 Å². The van der Waals surface area contributed by atoms with E-state index < -0.39 is 17.8 Å². The van der Waals surface area contributed by atoms with Crippen LogP contribution in [0.3, 0.4) is 0 Å². The molecule has 5 nitrogen and oxygen atoms in total. The Labute approximate surface area is 132 Å². The lowest BCUT2D eigenvalue weighted by atomic mass is 9.95. The Kier molecular flexibility index (Phi) is 4.98. The zero-order valence-corrected chi connectivity index (χ0v) is 13.7. The maximum Gasteiger partial charge on any atom is 0.307 e. The first-order chi connectivity index (χ1) is 9.92. The van der Waals surface area contributed by atoms with E-state index in [2.05, 4.69) is 26.2 Å². The molecular formula is C15H19BrN2O3. The van der Waals surface area contributed by atoms with Gasteiger partial charge < -0.3 is 10.4 Å². The summed E-state index contributed by atoms with van der Waals surface area (Å²) in [7, 11) is 0. The maximum absolute atomic E-state index is 12.4. The second-order valence-corrected chi connectivity index (χ2v) is 6.37. The molecule has 0 radical (unpaired) electrons.